The van der Waals surface area contributed by atoms with Crippen molar-refractivity contribution in [1.82, 2.24) is 10.2 Å². The lowest BCUT2D eigenvalue weighted by Crippen LogP contribution is -2.13. The van der Waals surface area contributed by atoms with Gasteiger partial charge in [-0.3, -0.25) is 9.89 Å². The maximum Gasteiger partial charge on any atom is 0.278 e. The molecule has 0 fully saturated rings. The number of nitrogens with two attached hydrogens (primary N) is 1. The van der Waals surface area contributed by atoms with Crippen LogP contribution in [0.15, 0.2) is 36.5 Å². The SMILES string of the molecule is Nc1c[nH]nc1C(=O)Nc1ccccc1. The molecule has 76 valence electrons. The van der Waals surface area contributed by atoms with Crippen molar-refractivity contribution >= 4 is 17.3 Å². The summed E-state index contributed by atoms with van der Waals surface area (Å²) in [5.41, 5.74) is 6.80. The fraction of sp³-hybridized carbons (Fsp3) is 0. The van der Waals surface area contributed by atoms with Crippen molar-refractivity contribution in [2.45, 2.75) is 0 Å². The minimum absolute atomic E-state index is 0.207. The Balaban J connectivity index is 2.15. The van der Waals surface area contributed by atoms with Crippen LogP contribution >= 0.6 is 0 Å². The lowest BCUT2D eigenvalue weighted by Gasteiger charge is -2.02. The number of hydrogen-bond acceptors (Lipinski definition) is 3. The van der Waals surface area contributed by atoms with Crippen LogP contribution < -0.4 is 11.1 Å². The molecule has 5 heteroatoms. The number of nitrogens with one attached hydrogen (secondary N) is 2. The summed E-state index contributed by atoms with van der Waals surface area (Å²) in [7, 11) is 0. The number of nitrogens with zero attached hydrogens (tertiary/aromatic N) is 1. The summed E-state index contributed by atoms with van der Waals surface area (Å²) in [6.07, 6.45) is 1.47. The summed E-state index contributed by atoms with van der Waals surface area (Å²) in [4.78, 5) is 11.6. The predicted molar refractivity (Wildman–Crippen MR) is 57.4 cm³/mol. The van der Waals surface area contributed by atoms with E-state index in [1.807, 2.05) is 18.2 Å². The highest BCUT2D eigenvalue weighted by Gasteiger charge is 2.11. The number of para-hydroxylation sites is 1. The van der Waals surface area contributed by atoms with E-state index in [-0.39, 0.29) is 11.6 Å². The molecule has 2 aromatic rings. The van der Waals surface area contributed by atoms with Gasteiger partial charge in [-0.1, -0.05) is 18.2 Å². The molecular formula is C10H10N4O. The second-order valence-corrected chi connectivity index (χ2v) is 3.01. The molecule has 0 aliphatic rings. The highest BCUT2D eigenvalue weighted by Crippen LogP contribution is 2.10. The van der Waals surface area contributed by atoms with Crippen LogP contribution in [0.5, 0.6) is 0 Å². The van der Waals surface area contributed by atoms with Crippen LogP contribution in [0.4, 0.5) is 11.4 Å². The number of amides is 1. The third kappa shape index (κ3) is 1.96. The highest BCUT2D eigenvalue weighted by molar-refractivity contribution is 6.06. The van der Waals surface area contributed by atoms with Gasteiger partial charge in [-0.2, -0.15) is 5.10 Å². The van der Waals surface area contributed by atoms with Gasteiger partial charge in [0.1, 0.15) is 0 Å². The molecule has 0 saturated heterocycles. The van der Waals surface area contributed by atoms with Crippen LogP contribution in [0, 0.1) is 0 Å². The number of benzene rings is 1. The smallest absolute Gasteiger partial charge is 0.278 e. The van der Waals surface area contributed by atoms with Crippen LogP contribution in [0.3, 0.4) is 0 Å². The minimum atomic E-state index is -0.319. The van der Waals surface area contributed by atoms with Gasteiger partial charge in [0.05, 0.1) is 5.69 Å². The van der Waals surface area contributed by atoms with Crippen molar-refractivity contribution in [2.24, 2.45) is 0 Å². The maximum absolute atomic E-state index is 11.6. The molecule has 0 unspecified atom stereocenters. The minimum Gasteiger partial charge on any atom is -0.396 e. The first-order chi connectivity index (χ1) is 7.27. The zero-order valence-electron chi connectivity index (χ0n) is 7.90. The number of anilines is 2. The standard InChI is InChI=1S/C10H10N4O/c11-8-6-12-14-9(8)10(15)13-7-4-2-1-3-5-7/h1-6H,11H2,(H,12,14)(H,13,15). The first-order valence-electron chi connectivity index (χ1n) is 4.43. The van der Waals surface area contributed by atoms with Crippen molar-refractivity contribution in [2.75, 3.05) is 11.1 Å². The maximum atomic E-state index is 11.6. The summed E-state index contributed by atoms with van der Waals surface area (Å²) < 4.78 is 0. The van der Waals surface area contributed by atoms with Gasteiger partial charge in [-0.05, 0) is 12.1 Å². The Bertz CT molecular complexity index is 463. The van der Waals surface area contributed by atoms with Crippen LogP contribution in [0.25, 0.3) is 0 Å². The second-order valence-electron chi connectivity index (χ2n) is 3.01. The van der Waals surface area contributed by atoms with Gasteiger partial charge in [-0.15, -0.1) is 0 Å². The normalized spacial score (nSPS) is 9.87. The van der Waals surface area contributed by atoms with Crippen molar-refractivity contribution in [3.63, 3.8) is 0 Å². The van der Waals surface area contributed by atoms with Gasteiger partial charge in [0.2, 0.25) is 0 Å². The summed E-state index contributed by atoms with van der Waals surface area (Å²) >= 11 is 0. The number of H-pyrrole nitrogens is 1. The predicted octanol–water partition coefficient (Wildman–Crippen LogP) is 1.24. The van der Waals surface area contributed by atoms with Gasteiger partial charge in [-0.25, -0.2) is 0 Å². The van der Waals surface area contributed by atoms with Crippen LogP contribution in [-0.4, -0.2) is 16.1 Å². The summed E-state index contributed by atoms with van der Waals surface area (Å²) in [5, 5.41) is 8.96. The van der Waals surface area contributed by atoms with E-state index in [0.717, 1.165) is 0 Å². The largest absolute Gasteiger partial charge is 0.396 e. The van der Waals surface area contributed by atoms with Gasteiger partial charge >= 0.3 is 0 Å². The Morgan fingerprint density at radius 3 is 2.67 bits per heavy atom. The third-order valence-corrected chi connectivity index (χ3v) is 1.92. The molecule has 2 rings (SSSR count). The molecule has 0 saturated carbocycles. The number of nitrogen functional groups attached to an aromatic ring is 1. The summed E-state index contributed by atoms with van der Waals surface area (Å²) in [6.45, 7) is 0. The van der Waals surface area contributed by atoms with E-state index < -0.39 is 0 Å². The molecule has 0 spiro atoms. The van der Waals surface area contributed by atoms with E-state index in [9.17, 15) is 4.79 Å². The quantitative estimate of drug-likeness (QED) is 0.685. The topological polar surface area (TPSA) is 83.8 Å². The molecule has 5 nitrogen and oxygen atoms in total. The average Bonchev–Trinajstić information content (AvgIpc) is 2.66. The van der Waals surface area contributed by atoms with Gasteiger partial charge in [0.25, 0.3) is 5.91 Å². The van der Waals surface area contributed by atoms with E-state index in [2.05, 4.69) is 15.5 Å². The molecule has 1 aromatic heterocycles. The third-order valence-electron chi connectivity index (χ3n) is 1.92. The first kappa shape index (κ1) is 9.26. The summed E-state index contributed by atoms with van der Waals surface area (Å²) in [5.74, 6) is -0.319. The van der Waals surface area contributed by atoms with Crippen LogP contribution in [-0.2, 0) is 0 Å². The fourth-order valence-corrected chi connectivity index (χ4v) is 1.19. The first-order valence-corrected chi connectivity index (χ1v) is 4.43. The number of aromatic nitrogens is 2. The molecule has 1 amide bonds. The molecule has 0 aliphatic heterocycles. The zero-order chi connectivity index (χ0) is 10.7. The highest BCUT2D eigenvalue weighted by atomic mass is 16.1. The average molecular weight is 202 g/mol. The zero-order valence-corrected chi connectivity index (χ0v) is 7.90. The van der Waals surface area contributed by atoms with Gasteiger partial charge < -0.3 is 11.1 Å². The summed E-state index contributed by atoms with van der Waals surface area (Å²) in [6, 6.07) is 9.13. The Morgan fingerprint density at radius 2 is 2.07 bits per heavy atom. The number of carbonyl (C=O) groups is 1. The Morgan fingerprint density at radius 1 is 1.33 bits per heavy atom. The van der Waals surface area contributed by atoms with Gasteiger partial charge in [0, 0.05) is 11.9 Å². The Labute approximate surface area is 86.3 Å². The van der Waals surface area contributed by atoms with E-state index in [1.54, 1.807) is 12.1 Å². The Hall–Kier alpha value is -2.30. The van der Waals surface area contributed by atoms with Crippen molar-refractivity contribution in [3.05, 3.63) is 42.2 Å². The van der Waals surface area contributed by atoms with E-state index in [4.69, 9.17) is 5.73 Å². The molecule has 0 bridgehead atoms. The molecular weight excluding hydrogens is 192 g/mol. The Kier molecular flexibility index (Phi) is 2.37. The monoisotopic (exact) mass is 202 g/mol. The van der Waals surface area contributed by atoms with E-state index in [0.29, 0.717) is 11.4 Å². The molecule has 4 N–H and O–H groups in total. The van der Waals surface area contributed by atoms with Crippen molar-refractivity contribution < 1.29 is 4.79 Å². The number of carbonyl (C=O) groups excluding carboxylic acids is 1. The number of hydrogen-bond donors (Lipinski definition) is 3. The lowest BCUT2D eigenvalue weighted by atomic mass is 10.3. The number of rotatable bonds is 2. The second kappa shape index (κ2) is 3.83. The number of aromatic amines is 1. The van der Waals surface area contributed by atoms with Crippen LogP contribution in [0.1, 0.15) is 10.5 Å². The van der Waals surface area contributed by atoms with Crippen molar-refractivity contribution in [1.29, 1.82) is 0 Å². The molecule has 0 aliphatic carbocycles. The molecule has 1 aromatic carbocycles. The van der Waals surface area contributed by atoms with Crippen LogP contribution in [0.2, 0.25) is 0 Å². The van der Waals surface area contributed by atoms with E-state index in [1.165, 1.54) is 6.20 Å². The molecule has 1 heterocycles. The lowest BCUT2D eigenvalue weighted by molar-refractivity contribution is 0.102. The van der Waals surface area contributed by atoms with Crippen molar-refractivity contribution in [3.8, 4) is 0 Å². The fourth-order valence-electron chi connectivity index (χ4n) is 1.19. The molecule has 15 heavy (non-hydrogen) atoms. The van der Waals surface area contributed by atoms with E-state index >= 15 is 0 Å². The van der Waals surface area contributed by atoms with Gasteiger partial charge in [0.15, 0.2) is 5.69 Å². The molecule has 0 atom stereocenters. The molecule has 0 radical (unpaired) electrons.